The van der Waals surface area contributed by atoms with E-state index < -0.39 is 12.0 Å². The van der Waals surface area contributed by atoms with Crippen LogP contribution in [0, 0.1) is 12.8 Å². The quantitative estimate of drug-likeness (QED) is 0.759. The van der Waals surface area contributed by atoms with E-state index in [1.54, 1.807) is 25.6 Å². The number of amides is 1. The van der Waals surface area contributed by atoms with Gasteiger partial charge >= 0.3 is 5.97 Å². The number of aliphatic carboxylic acids is 1. The van der Waals surface area contributed by atoms with E-state index in [2.05, 4.69) is 5.32 Å². The Morgan fingerprint density at radius 2 is 1.85 bits per heavy atom. The van der Waals surface area contributed by atoms with Crippen molar-refractivity contribution in [1.29, 1.82) is 0 Å². The maximum atomic E-state index is 11.7. The standard InChI is InChI=1S/C15H21NO3S/c1-10(2)14(15(18)19)16-13(17)8-9-20-12-6-4-11(3)5-7-12/h4-7,10,14H,8-9H2,1-3H3,(H,16,17)(H,18,19)/t14-/m0/s1. The van der Waals surface area contributed by atoms with Crippen LogP contribution in [0.3, 0.4) is 0 Å². The third kappa shape index (κ3) is 5.65. The Morgan fingerprint density at radius 1 is 1.25 bits per heavy atom. The minimum absolute atomic E-state index is 0.124. The Hall–Kier alpha value is -1.49. The molecule has 1 amide bonds. The number of carbonyl (C=O) groups excluding carboxylic acids is 1. The Morgan fingerprint density at radius 3 is 2.35 bits per heavy atom. The predicted octanol–water partition coefficient (Wildman–Crippen LogP) is 2.70. The van der Waals surface area contributed by atoms with Gasteiger partial charge in [0.15, 0.2) is 0 Å². The lowest BCUT2D eigenvalue weighted by Crippen LogP contribution is -2.44. The van der Waals surface area contributed by atoms with Gasteiger partial charge in [0.05, 0.1) is 0 Å². The van der Waals surface area contributed by atoms with E-state index >= 15 is 0 Å². The maximum Gasteiger partial charge on any atom is 0.326 e. The first kappa shape index (κ1) is 16.6. The maximum absolute atomic E-state index is 11.7. The molecule has 1 aromatic rings. The van der Waals surface area contributed by atoms with Crippen LogP contribution in [0.2, 0.25) is 0 Å². The van der Waals surface area contributed by atoms with Gasteiger partial charge in [0.2, 0.25) is 5.91 Å². The minimum atomic E-state index is -0.987. The summed E-state index contributed by atoms with van der Waals surface area (Å²) in [5, 5.41) is 11.6. The lowest BCUT2D eigenvalue weighted by atomic mass is 10.0. The Balaban J connectivity index is 2.36. The summed E-state index contributed by atoms with van der Waals surface area (Å²) in [6.07, 6.45) is 0.315. The molecule has 2 N–H and O–H groups in total. The van der Waals surface area contributed by atoms with Crippen LogP contribution >= 0.6 is 11.8 Å². The molecule has 0 bridgehead atoms. The molecule has 0 radical (unpaired) electrons. The molecule has 0 aliphatic heterocycles. The van der Waals surface area contributed by atoms with Gasteiger partial charge in [-0.2, -0.15) is 0 Å². The molecule has 0 saturated heterocycles. The molecule has 0 fully saturated rings. The fourth-order valence-corrected chi connectivity index (χ4v) is 2.51. The van der Waals surface area contributed by atoms with Crippen LogP contribution in [-0.2, 0) is 9.59 Å². The van der Waals surface area contributed by atoms with E-state index in [4.69, 9.17) is 5.11 Å². The molecular formula is C15H21NO3S. The van der Waals surface area contributed by atoms with E-state index in [-0.39, 0.29) is 11.8 Å². The van der Waals surface area contributed by atoms with Gasteiger partial charge in [-0.3, -0.25) is 4.79 Å². The lowest BCUT2D eigenvalue weighted by molar-refractivity contribution is -0.143. The Bertz CT molecular complexity index is 457. The average Bonchev–Trinajstić information content (AvgIpc) is 2.37. The van der Waals surface area contributed by atoms with Crippen molar-refractivity contribution in [3.63, 3.8) is 0 Å². The van der Waals surface area contributed by atoms with Crippen LogP contribution in [0.5, 0.6) is 0 Å². The summed E-state index contributed by atoms with van der Waals surface area (Å²) in [5.41, 5.74) is 1.20. The second-order valence-electron chi connectivity index (χ2n) is 5.04. The molecule has 0 saturated carbocycles. The number of carboxylic acid groups (broad SMARTS) is 1. The SMILES string of the molecule is Cc1ccc(SCCC(=O)N[C@H](C(=O)O)C(C)C)cc1. The molecule has 5 heteroatoms. The zero-order valence-electron chi connectivity index (χ0n) is 12.1. The lowest BCUT2D eigenvalue weighted by Gasteiger charge is -2.17. The van der Waals surface area contributed by atoms with Crippen molar-refractivity contribution < 1.29 is 14.7 Å². The van der Waals surface area contributed by atoms with Crippen molar-refractivity contribution in [2.24, 2.45) is 5.92 Å². The van der Waals surface area contributed by atoms with Crippen molar-refractivity contribution in [2.75, 3.05) is 5.75 Å². The summed E-state index contributed by atoms with van der Waals surface area (Å²) in [7, 11) is 0. The zero-order valence-corrected chi connectivity index (χ0v) is 12.9. The normalized spacial score (nSPS) is 12.2. The number of hydrogen-bond acceptors (Lipinski definition) is 3. The molecular weight excluding hydrogens is 274 g/mol. The minimum Gasteiger partial charge on any atom is -0.480 e. The number of hydrogen-bond donors (Lipinski definition) is 2. The first-order chi connectivity index (χ1) is 9.40. The molecule has 0 unspecified atom stereocenters. The molecule has 20 heavy (non-hydrogen) atoms. The highest BCUT2D eigenvalue weighted by molar-refractivity contribution is 7.99. The summed E-state index contributed by atoms with van der Waals surface area (Å²) in [5.74, 6) is -0.689. The first-order valence-electron chi connectivity index (χ1n) is 6.61. The highest BCUT2D eigenvalue weighted by atomic mass is 32.2. The second-order valence-corrected chi connectivity index (χ2v) is 6.21. The van der Waals surface area contributed by atoms with Gasteiger partial charge in [0.1, 0.15) is 6.04 Å². The number of rotatable bonds is 7. The third-order valence-corrected chi connectivity index (χ3v) is 3.88. The molecule has 1 atom stereocenters. The van der Waals surface area contributed by atoms with Crippen molar-refractivity contribution >= 4 is 23.6 Å². The molecule has 0 aromatic heterocycles. The smallest absolute Gasteiger partial charge is 0.326 e. The fourth-order valence-electron chi connectivity index (χ4n) is 1.66. The van der Waals surface area contributed by atoms with E-state index in [1.165, 1.54) is 5.56 Å². The van der Waals surface area contributed by atoms with Gasteiger partial charge in [0, 0.05) is 17.1 Å². The number of nitrogens with one attached hydrogen (secondary N) is 1. The van der Waals surface area contributed by atoms with Gasteiger partial charge < -0.3 is 10.4 Å². The van der Waals surface area contributed by atoms with E-state index in [0.717, 1.165) is 4.90 Å². The van der Waals surface area contributed by atoms with Crippen LogP contribution < -0.4 is 5.32 Å². The summed E-state index contributed by atoms with van der Waals surface area (Å²) in [4.78, 5) is 23.8. The van der Waals surface area contributed by atoms with Crippen LogP contribution in [0.25, 0.3) is 0 Å². The summed E-state index contributed by atoms with van der Waals surface area (Å²) < 4.78 is 0. The van der Waals surface area contributed by atoms with Crippen molar-refractivity contribution in [1.82, 2.24) is 5.32 Å². The molecule has 0 aliphatic carbocycles. The van der Waals surface area contributed by atoms with Gasteiger partial charge in [-0.1, -0.05) is 31.5 Å². The molecule has 1 rings (SSSR count). The van der Waals surface area contributed by atoms with Gasteiger partial charge in [-0.25, -0.2) is 4.79 Å². The number of thioether (sulfide) groups is 1. The second kappa shape index (κ2) is 7.94. The number of aryl methyl sites for hydroxylation is 1. The molecule has 110 valence electrons. The van der Waals surface area contributed by atoms with Crippen LogP contribution in [0.1, 0.15) is 25.8 Å². The Labute approximate surface area is 124 Å². The van der Waals surface area contributed by atoms with Crippen molar-refractivity contribution in [3.05, 3.63) is 29.8 Å². The number of benzene rings is 1. The summed E-state index contributed by atoms with van der Waals surface area (Å²) >= 11 is 1.59. The first-order valence-corrected chi connectivity index (χ1v) is 7.60. The summed E-state index contributed by atoms with van der Waals surface area (Å²) in [6, 6.07) is 7.29. The zero-order chi connectivity index (χ0) is 15.1. The molecule has 0 spiro atoms. The fraction of sp³-hybridized carbons (Fsp3) is 0.467. The summed E-state index contributed by atoms with van der Waals surface area (Å²) in [6.45, 7) is 5.58. The topological polar surface area (TPSA) is 66.4 Å². The van der Waals surface area contributed by atoms with Crippen LogP contribution in [0.15, 0.2) is 29.2 Å². The van der Waals surface area contributed by atoms with Crippen LogP contribution in [0.4, 0.5) is 0 Å². The molecule has 0 heterocycles. The third-order valence-electron chi connectivity index (χ3n) is 2.87. The van der Waals surface area contributed by atoms with Gasteiger partial charge in [0.25, 0.3) is 0 Å². The molecule has 0 aliphatic rings. The predicted molar refractivity (Wildman–Crippen MR) is 80.9 cm³/mol. The van der Waals surface area contributed by atoms with Crippen LogP contribution in [-0.4, -0.2) is 28.8 Å². The van der Waals surface area contributed by atoms with Gasteiger partial charge in [-0.05, 0) is 25.0 Å². The van der Waals surface area contributed by atoms with Crippen molar-refractivity contribution in [2.45, 2.75) is 38.1 Å². The van der Waals surface area contributed by atoms with E-state index in [0.29, 0.717) is 12.2 Å². The number of carboxylic acids is 1. The van der Waals surface area contributed by atoms with E-state index in [9.17, 15) is 9.59 Å². The van der Waals surface area contributed by atoms with E-state index in [1.807, 2.05) is 31.2 Å². The largest absolute Gasteiger partial charge is 0.480 e. The van der Waals surface area contributed by atoms with Crippen molar-refractivity contribution in [3.8, 4) is 0 Å². The molecule has 1 aromatic carbocycles. The number of carbonyl (C=O) groups is 2. The average molecular weight is 295 g/mol. The highest BCUT2D eigenvalue weighted by Gasteiger charge is 2.22. The Kier molecular flexibility index (Phi) is 6.58. The molecule has 4 nitrogen and oxygen atoms in total. The highest BCUT2D eigenvalue weighted by Crippen LogP contribution is 2.19. The van der Waals surface area contributed by atoms with Gasteiger partial charge in [-0.15, -0.1) is 11.8 Å². The monoisotopic (exact) mass is 295 g/mol.